The van der Waals surface area contributed by atoms with Gasteiger partial charge >= 0.3 is 0 Å². The first-order valence-electron chi connectivity index (χ1n) is 11.2. The molecule has 1 saturated heterocycles. The van der Waals surface area contributed by atoms with Gasteiger partial charge in [-0.05, 0) is 66.6 Å². The lowest BCUT2D eigenvalue weighted by Crippen LogP contribution is -2.46. The number of benzene rings is 2. The molecule has 4 aromatic rings. The Balaban J connectivity index is 1.61. The molecule has 0 unspecified atom stereocenters. The zero-order valence-electron chi connectivity index (χ0n) is 18.7. The quantitative estimate of drug-likeness (QED) is 0.374. The van der Waals surface area contributed by atoms with E-state index in [1.54, 1.807) is 36.4 Å². The number of aromatic hydroxyl groups is 2. The number of fused-ring (bicyclic) bond motifs is 1. The lowest BCUT2D eigenvalue weighted by Gasteiger charge is -2.27. The van der Waals surface area contributed by atoms with Crippen molar-refractivity contribution in [2.24, 2.45) is 0 Å². The van der Waals surface area contributed by atoms with Crippen molar-refractivity contribution in [1.29, 1.82) is 0 Å². The molecule has 8 heteroatoms. The van der Waals surface area contributed by atoms with Crippen molar-refractivity contribution in [3.05, 3.63) is 70.9 Å². The molecule has 1 fully saturated rings. The first kappa shape index (κ1) is 21.7. The van der Waals surface area contributed by atoms with Crippen molar-refractivity contribution in [3.8, 4) is 22.8 Å². The lowest BCUT2D eigenvalue weighted by molar-refractivity contribution is 0.0737. The molecule has 0 saturated carbocycles. The molecule has 1 amide bonds. The van der Waals surface area contributed by atoms with Crippen LogP contribution in [0.1, 0.15) is 27.2 Å². The molecule has 0 spiro atoms. The van der Waals surface area contributed by atoms with Crippen molar-refractivity contribution >= 4 is 29.1 Å². The maximum absolute atomic E-state index is 13.6. The third-order valence-electron chi connectivity index (χ3n) is 6.01. The smallest absolute Gasteiger partial charge is 0.254 e. The summed E-state index contributed by atoms with van der Waals surface area (Å²) in [6, 6.07) is 13.9. The first-order chi connectivity index (χ1) is 16.5. The van der Waals surface area contributed by atoms with Crippen LogP contribution >= 0.6 is 0 Å². The molecule has 34 heavy (non-hydrogen) atoms. The summed E-state index contributed by atoms with van der Waals surface area (Å²) in [5.74, 6) is 0.350. The summed E-state index contributed by atoms with van der Waals surface area (Å²) in [4.78, 5) is 20.1. The summed E-state index contributed by atoms with van der Waals surface area (Å²) in [5.41, 5.74) is 4.77. The molecule has 4 N–H and O–H groups in total. The lowest BCUT2D eigenvalue weighted by atomic mass is 10.0. The van der Waals surface area contributed by atoms with E-state index in [-0.39, 0.29) is 17.4 Å². The molecular formula is C26H25N5O3. The number of aryl methyl sites for hydroxylation is 1. The predicted molar refractivity (Wildman–Crippen MR) is 132 cm³/mol. The fraction of sp³-hybridized carbons (Fsp3) is 0.192. The van der Waals surface area contributed by atoms with E-state index in [2.05, 4.69) is 15.5 Å². The Bertz CT molecular complexity index is 1390. The van der Waals surface area contributed by atoms with Gasteiger partial charge in [0.25, 0.3) is 5.91 Å². The third-order valence-corrected chi connectivity index (χ3v) is 6.01. The minimum absolute atomic E-state index is 0.0644. The zero-order chi connectivity index (χ0) is 23.7. The second-order valence-electron chi connectivity index (χ2n) is 8.36. The molecule has 8 nitrogen and oxygen atoms in total. The number of pyridine rings is 1. The number of rotatable bonds is 4. The summed E-state index contributed by atoms with van der Waals surface area (Å²) in [6.45, 7) is 4.61. The Hall–Kier alpha value is -4.17. The van der Waals surface area contributed by atoms with Crippen LogP contribution in [-0.4, -0.2) is 62.4 Å². The minimum Gasteiger partial charge on any atom is -0.508 e. The molecule has 1 aliphatic heterocycles. The number of hydrogen-bond donors (Lipinski definition) is 4. The molecule has 0 bridgehead atoms. The summed E-state index contributed by atoms with van der Waals surface area (Å²) in [7, 11) is 0. The number of hydrogen-bond acceptors (Lipinski definition) is 6. The number of aromatic nitrogens is 3. The van der Waals surface area contributed by atoms with Crippen LogP contribution in [0.5, 0.6) is 11.5 Å². The van der Waals surface area contributed by atoms with Gasteiger partial charge in [-0.3, -0.25) is 9.89 Å². The van der Waals surface area contributed by atoms with Crippen LogP contribution in [0.4, 0.5) is 0 Å². The fourth-order valence-electron chi connectivity index (χ4n) is 4.12. The van der Waals surface area contributed by atoms with Gasteiger partial charge in [0.1, 0.15) is 11.5 Å². The van der Waals surface area contributed by atoms with Gasteiger partial charge in [-0.2, -0.15) is 5.10 Å². The van der Waals surface area contributed by atoms with E-state index in [0.29, 0.717) is 41.1 Å². The molecule has 0 atom stereocenters. The number of H-pyrrole nitrogens is 1. The molecule has 2 aromatic heterocycles. The van der Waals surface area contributed by atoms with E-state index in [9.17, 15) is 15.0 Å². The molecule has 5 rings (SSSR count). The van der Waals surface area contributed by atoms with E-state index in [0.717, 1.165) is 29.8 Å². The van der Waals surface area contributed by atoms with Crippen LogP contribution in [-0.2, 0) is 0 Å². The number of phenols is 2. The topological polar surface area (TPSA) is 114 Å². The second-order valence-corrected chi connectivity index (χ2v) is 8.36. The van der Waals surface area contributed by atoms with Crippen molar-refractivity contribution < 1.29 is 15.0 Å². The summed E-state index contributed by atoms with van der Waals surface area (Å²) >= 11 is 0. The standard InChI is InChI=1S/C26H25N5O3/c1-16-14-17(3-9-23(16)33)2-8-21-24-20(26(34)31-12-10-27-11-13-31)15-22(28-25(24)30-29-21)18-4-6-19(32)7-5-18/h2-9,14-15,27,32-33H,10-13H2,1H3,(H,28,29,30)/b8-2+. The zero-order valence-corrected chi connectivity index (χ0v) is 18.7. The number of aromatic amines is 1. The SMILES string of the molecule is Cc1cc(/C=C/c2[nH]nc3nc(-c4ccc(O)cc4)cc(C(=O)N4CCNCC4)c23)ccc1O. The van der Waals surface area contributed by atoms with E-state index < -0.39 is 0 Å². The average Bonchev–Trinajstić information content (AvgIpc) is 3.28. The molecule has 2 aromatic carbocycles. The van der Waals surface area contributed by atoms with Gasteiger partial charge in [0.15, 0.2) is 5.65 Å². The van der Waals surface area contributed by atoms with Gasteiger partial charge in [0.05, 0.1) is 22.3 Å². The van der Waals surface area contributed by atoms with Crippen molar-refractivity contribution in [1.82, 2.24) is 25.4 Å². The number of amides is 1. The number of phenolic OH excluding ortho intramolecular Hbond substituents is 2. The van der Waals surface area contributed by atoms with Crippen LogP contribution in [0.15, 0.2) is 48.5 Å². The largest absolute Gasteiger partial charge is 0.508 e. The summed E-state index contributed by atoms with van der Waals surface area (Å²) < 4.78 is 0. The van der Waals surface area contributed by atoms with Gasteiger partial charge in [0.2, 0.25) is 0 Å². The fourth-order valence-corrected chi connectivity index (χ4v) is 4.12. The molecule has 172 valence electrons. The van der Waals surface area contributed by atoms with Crippen LogP contribution in [0.3, 0.4) is 0 Å². The minimum atomic E-state index is -0.0644. The molecular weight excluding hydrogens is 430 g/mol. The Kier molecular flexibility index (Phi) is 5.73. The number of piperazine rings is 1. The van der Waals surface area contributed by atoms with Crippen molar-refractivity contribution in [2.75, 3.05) is 26.2 Å². The Labute approximate surface area is 196 Å². The summed E-state index contributed by atoms with van der Waals surface area (Å²) in [6.07, 6.45) is 3.78. The average molecular weight is 456 g/mol. The molecule has 3 heterocycles. The third kappa shape index (κ3) is 4.23. The van der Waals surface area contributed by atoms with Gasteiger partial charge in [-0.25, -0.2) is 4.98 Å². The summed E-state index contributed by atoms with van der Waals surface area (Å²) in [5, 5.41) is 30.8. The highest BCUT2D eigenvalue weighted by Crippen LogP contribution is 2.29. The Morgan fingerprint density at radius 3 is 2.53 bits per heavy atom. The van der Waals surface area contributed by atoms with Crippen LogP contribution in [0.25, 0.3) is 34.4 Å². The molecule has 0 radical (unpaired) electrons. The maximum Gasteiger partial charge on any atom is 0.254 e. The first-order valence-corrected chi connectivity index (χ1v) is 11.2. The van der Waals surface area contributed by atoms with Crippen molar-refractivity contribution in [3.63, 3.8) is 0 Å². The number of carbonyl (C=O) groups excluding carboxylic acids is 1. The van der Waals surface area contributed by atoms with Crippen LogP contribution in [0.2, 0.25) is 0 Å². The van der Waals surface area contributed by atoms with Gasteiger partial charge in [-0.1, -0.05) is 12.1 Å². The highest BCUT2D eigenvalue weighted by molar-refractivity contribution is 6.09. The van der Waals surface area contributed by atoms with Crippen LogP contribution in [0, 0.1) is 6.92 Å². The number of carbonyl (C=O) groups is 1. The number of nitrogens with zero attached hydrogens (tertiary/aromatic N) is 3. The van der Waals surface area contributed by atoms with E-state index >= 15 is 0 Å². The molecule has 1 aliphatic rings. The van der Waals surface area contributed by atoms with Crippen LogP contribution < -0.4 is 5.32 Å². The molecule has 0 aliphatic carbocycles. The number of nitrogens with one attached hydrogen (secondary N) is 2. The van der Waals surface area contributed by atoms with Crippen molar-refractivity contribution in [2.45, 2.75) is 6.92 Å². The highest BCUT2D eigenvalue weighted by atomic mass is 16.3. The highest BCUT2D eigenvalue weighted by Gasteiger charge is 2.24. The van der Waals surface area contributed by atoms with E-state index in [1.807, 2.05) is 36.1 Å². The van der Waals surface area contributed by atoms with Gasteiger partial charge < -0.3 is 20.4 Å². The Morgan fingerprint density at radius 2 is 1.79 bits per heavy atom. The monoisotopic (exact) mass is 455 g/mol. The second kappa shape index (κ2) is 8.99. The van der Waals surface area contributed by atoms with Gasteiger partial charge in [-0.15, -0.1) is 0 Å². The van der Waals surface area contributed by atoms with E-state index in [4.69, 9.17) is 4.98 Å². The predicted octanol–water partition coefficient (Wildman–Crippen LogP) is 3.56. The maximum atomic E-state index is 13.6. The van der Waals surface area contributed by atoms with E-state index in [1.165, 1.54) is 0 Å². The Morgan fingerprint density at radius 1 is 1.03 bits per heavy atom. The van der Waals surface area contributed by atoms with Gasteiger partial charge in [0, 0.05) is 31.7 Å². The normalized spacial score (nSPS) is 14.2.